The van der Waals surface area contributed by atoms with Crippen molar-refractivity contribution < 1.29 is 4.39 Å². The predicted octanol–water partition coefficient (Wildman–Crippen LogP) is 4.12. The summed E-state index contributed by atoms with van der Waals surface area (Å²) < 4.78 is 13.0. The first-order chi connectivity index (χ1) is 7.46. The van der Waals surface area contributed by atoms with E-state index in [-0.39, 0.29) is 5.82 Å². The van der Waals surface area contributed by atoms with Gasteiger partial charge in [-0.1, -0.05) is 13.8 Å². The first-order valence-corrected chi connectivity index (χ1v) is 5.99. The molecule has 0 amide bonds. The standard InChI is InChI=1S/C14H20FN/c1-10-8-11(15)4-5-13(10)16-12-6-7-14(2,3)9-12/h4-5,8,12,16H,6-7,9H2,1-3H3. The van der Waals surface area contributed by atoms with Crippen LogP contribution in [0.4, 0.5) is 10.1 Å². The van der Waals surface area contributed by atoms with Crippen LogP contribution in [0.15, 0.2) is 18.2 Å². The lowest BCUT2D eigenvalue weighted by atomic mass is 9.92. The maximum absolute atomic E-state index is 13.0. The zero-order valence-electron chi connectivity index (χ0n) is 10.3. The minimum absolute atomic E-state index is 0.158. The van der Waals surface area contributed by atoms with Gasteiger partial charge in [-0.15, -0.1) is 0 Å². The maximum atomic E-state index is 13.0. The Labute approximate surface area is 97.1 Å². The third kappa shape index (κ3) is 2.55. The average molecular weight is 221 g/mol. The predicted molar refractivity (Wildman–Crippen MR) is 66.2 cm³/mol. The number of halogens is 1. The third-order valence-electron chi connectivity index (χ3n) is 3.52. The van der Waals surface area contributed by atoms with Crippen LogP contribution in [0, 0.1) is 18.2 Å². The van der Waals surface area contributed by atoms with E-state index in [0.717, 1.165) is 11.3 Å². The van der Waals surface area contributed by atoms with E-state index in [9.17, 15) is 4.39 Å². The molecule has 0 aromatic heterocycles. The molecule has 0 radical (unpaired) electrons. The number of benzene rings is 1. The number of rotatable bonds is 2. The summed E-state index contributed by atoms with van der Waals surface area (Å²) in [6, 6.07) is 5.49. The molecule has 1 unspecified atom stereocenters. The monoisotopic (exact) mass is 221 g/mol. The van der Waals surface area contributed by atoms with E-state index in [0.29, 0.717) is 11.5 Å². The second kappa shape index (κ2) is 4.08. The molecule has 0 spiro atoms. The van der Waals surface area contributed by atoms with Crippen LogP contribution in [0.25, 0.3) is 0 Å². The van der Waals surface area contributed by atoms with E-state index in [1.165, 1.54) is 25.3 Å². The van der Waals surface area contributed by atoms with Crippen LogP contribution in [0.3, 0.4) is 0 Å². The van der Waals surface area contributed by atoms with Crippen molar-refractivity contribution in [2.45, 2.75) is 46.1 Å². The van der Waals surface area contributed by atoms with Gasteiger partial charge in [-0.2, -0.15) is 0 Å². The minimum Gasteiger partial charge on any atom is -0.382 e. The highest BCUT2D eigenvalue weighted by Gasteiger charge is 2.30. The number of anilines is 1. The van der Waals surface area contributed by atoms with Gasteiger partial charge in [0.2, 0.25) is 0 Å². The van der Waals surface area contributed by atoms with Crippen molar-refractivity contribution in [3.8, 4) is 0 Å². The summed E-state index contributed by atoms with van der Waals surface area (Å²) in [5.74, 6) is -0.158. The van der Waals surface area contributed by atoms with E-state index in [1.807, 2.05) is 13.0 Å². The van der Waals surface area contributed by atoms with Gasteiger partial charge in [0, 0.05) is 11.7 Å². The second-order valence-corrected chi connectivity index (χ2v) is 5.71. The summed E-state index contributed by atoms with van der Waals surface area (Å²) >= 11 is 0. The molecule has 0 bridgehead atoms. The summed E-state index contributed by atoms with van der Waals surface area (Å²) in [5, 5.41) is 3.53. The van der Waals surface area contributed by atoms with Crippen LogP contribution >= 0.6 is 0 Å². The van der Waals surface area contributed by atoms with Gasteiger partial charge in [0.05, 0.1) is 0 Å². The van der Waals surface area contributed by atoms with Gasteiger partial charge in [0.15, 0.2) is 0 Å². The quantitative estimate of drug-likeness (QED) is 0.792. The van der Waals surface area contributed by atoms with E-state index in [4.69, 9.17) is 0 Å². The van der Waals surface area contributed by atoms with E-state index in [1.54, 1.807) is 6.07 Å². The summed E-state index contributed by atoms with van der Waals surface area (Å²) in [4.78, 5) is 0. The first-order valence-electron chi connectivity index (χ1n) is 5.99. The molecule has 0 heterocycles. The van der Waals surface area contributed by atoms with Crippen LogP contribution < -0.4 is 5.32 Å². The van der Waals surface area contributed by atoms with Gasteiger partial charge in [0.1, 0.15) is 5.82 Å². The van der Waals surface area contributed by atoms with Crippen molar-refractivity contribution in [2.75, 3.05) is 5.32 Å². The molecule has 2 rings (SSSR count). The molecule has 1 aliphatic rings. The fraction of sp³-hybridized carbons (Fsp3) is 0.571. The largest absolute Gasteiger partial charge is 0.382 e. The Morgan fingerprint density at radius 3 is 2.69 bits per heavy atom. The van der Waals surface area contributed by atoms with Crippen LogP contribution in [-0.4, -0.2) is 6.04 Å². The van der Waals surface area contributed by atoms with E-state index in [2.05, 4.69) is 19.2 Å². The molecule has 16 heavy (non-hydrogen) atoms. The van der Waals surface area contributed by atoms with Crippen LogP contribution in [0.1, 0.15) is 38.7 Å². The minimum atomic E-state index is -0.158. The lowest BCUT2D eigenvalue weighted by molar-refractivity contribution is 0.378. The average Bonchev–Trinajstić information content (AvgIpc) is 2.51. The fourth-order valence-electron chi connectivity index (χ4n) is 2.57. The Bertz CT molecular complexity index is 384. The van der Waals surface area contributed by atoms with Gasteiger partial charge < -0.3 is 5.32 Å². The third-order valence-corrected chi connectivity index (χ3v) is 3.52. The number of hydrogen-bond acceptors (Lipinski definition) is 1. The van der Waals surface area contributed by atoms with Crippen molar-refractivity contribution in [3.63, 3.8) is 0 Å². The summed E-state index contributed by atoms with van der Waals surface area (Å²) in [6.07, 6.45) is 3.68. The zero-order chi connectivity index (χ0) is 11.8. The Hall–Kier alpha value is -1.05. The lowest BCUT2D eigenvalue weighted by Gasteiger charge is -2.19. The van der Waals surface area contributed by atoms with Gasteiger partial charge >= 0.3 is 0 Å². The number of nitrogens with one attached hydrogen (secondary N) is 1. The Balaban J connectivity index is 2.05. The second-order valence-electron chi connectivity index (χ2n) is 5.71. The fourth-order valence-corrected chi connectivity index (χ4v) is 2.57. The van der Waals surface area contributed by atoms with Gasteiger partial charge in [-0.05, 0) is 55.4 Å². The summed E-state index contributed by atoms with van der Waals surface area (Å²) in [7, 11) is 0. The number of hydrogen-bond donors (Lipinski definition) is 1. The van der Waals surface area contributed by atoms with E-state index >= 15 is 0 Å². The lowest BCUT2D eigenvalue weighted by Crippen LogP contribution is -2.18. The van der Waals surface area contributed by atoms with Crippen molar-refractivity contribution in [1.82, 2.24) is 0 Å². The Kier molecular flexibility index (Phi) is 2.92. The molecule has 1 aromatic rings. The Morgan fingerprint density at radius 1 is 1.38 bits per heavy atom. The molecule has 1 aromatic carbocycles. The zero-order valence-corrected chi connectivity index (χ0v) is 10.3. The molecule has 1 saturated carbocycles. The highest BCUT2D eigenvalue weighted by Crippen LogP contribution is 2.38. The molecule has 0 aliphatic heterocycles. The number of aryl methyl sites for hydroxylation is 1. The first kappa shape index (κ1) is 11.4. The van der Waals surface area contributed by atoms with Crippen molar-refractivity contribution in [3.05, 3.63) is 29.6 Å². The SMILES string of the molecule is Cc1cc(F)ccc1NC1CCC(C)(C)C1. The molecule has 1 N–H and O–H groups in total. The Morgan fingerprint density at radius 2 is 2.12 bits per heavy atom. The van der Waals surface area contributed by atoms with Gasteiger partial charge in [0.25, 0.3) is 0 Å². The normalized spacial score (nSPS) is 23.4. The molecule has 0 saturated heterocycles. The summed E-state index contributed by atoms with van der Waals surface area (Å²) in [6.45, 7) is 6.57. The van der Waals surface area contributed by atoms with Crippen LogP contribution in [-0.2, 0) is 0 Å². The highest BCUT2D eigenvalue weighted by molar-refractivity contribution is 5.51. The molecule has 1 fully saturated rings. The topological polar surface area (TPSA) is 12.0 Å². The molecule has 2 heteroatoms. The van der Waals surface area contributed by atoms with Crippen molar-refractivity contribution >= 4 is 5.69 Å². The highest BCUT2D eigenvalue weighted by atomic mass is 19.1. The molecule has 1 atom stereocenters. The van der Waals surface area contributed by atoms with E-state index < -0.39 is 0 Å². The summed E-state index contributed by atoms with van der Waals surface area (Å²) in [5.41, 5.74) is 2.51. The van der Waals surface area contributed by atoms with Crippen molar-refractivity contribution in [2.24, 2.45) is 5.41 Å². The molecule has 88 valence electrons. The van der Waals surface area contributed by atoms with Crippen LogP contribution in [0.2, 0.25) is 0 Å². The molecular weight excluding hydrogens is 201 g/mol. The maximum Gasteiger partial charge on any atom is 0.123 e. The van der Waals surface area contributed by atoms with Gasteiger partial charge in [-0.25, -0.2) is 4.39 Å². The molecule has 1 aliphatic carbocycles. The smallest absolute Gasteiger partial charge is 0.123 e. The van der Waals surface area contributed by atoms with Crippen LogP contribution in [0.5, 0.6) is 0 Å². The van der Waals surface area contributed by atoms with Crippen molar-refractivity contribution in [1.29, 1.82) is 0 Å². The molecule has 1 nitrogen and oxygen atoms in total. The molecular formula is C14H20FN. The van der Waals surface area contributed by atoms with Gasteiger partial charge in [-0.3, -0.25) is 0 Å².